The number of halogens is 1. The van der Waals surface area contributed by atoms with Crippen LogP contribution in [0.15, 0.2) is 41.0 Å². The molecule has 3 aromatic rings. The first kappa shape index (κ1) is 13.8. The lowest BCUT2D eigenvalue weighted by Crippen LogP contribution is -1.95. The summed E-state index contributed by atoms with van der Waals surface area (Å²) in [4.78, 5) is 4.61. The minimum atomic E-state index is 0.582. The van der Waals surface area contributed by atoms with Crippen molar-refractivity contribution in [1.29, 1.82) is 0 Å². The zero-order valence-electron chi connectivity index (χ0n) is 11.6. The molecule has 0 saturated carbocycles. The van der Waals surface area contributed by atoms with Gasteiger partial charge in [-0.3, -0.25) is 4.40 Å². The van der Waals surface area contributed by atoms with Crippen molar-refractivity contribution in [1.82, 2.24) is 9.38 Å². The summed E-state index contributed by atoms with van der Waals surface area (Å²) in [5.41, 5.74) is 8.57. The molecule has 2 heterocycles. The van der Waals surface area contributed by atoms with Crippen LogP contribution in [-0.4, -0.2) is 23.6 Å². The van der Waals surface area contributed by atoms with Crippen LogP contribution in [0.3, 0.4) is 0 Å². The second-order valence-electron chi connectivity index (χ2n) is 4.47. The van der Waals surface area contributed by atoms with Gasteiger partial charge >= 0.3 is 0 Å². The van der Waals surface area contributed by atoms with Crippen LogP contribution in [0, 0.1) is 0 Å². The first-order valence-corrected chi connectivity index (χ1v) is 7.09. The third-order valence-corrected chi connectivity index (χ3v) is 3.92. The molecule has 2 aromatic heterocycles. The average Bonchev–Trinajstić information content (AvgIpc) is 2.85. The molecule has 0 radical (unpaired) electrons. The molecule has 0 aliphatic heterocycles. The molecule has 0 spiro atoms. The molecule has 21 heavy (non-hydrogen) atoms. The Balaban J connectivity index is 2.21. The number of anilines is 1. The Kier molecular flexibility index (Phi) is 3.47. The molecule has 0 bridgehead atoms. The van der Waals surface area contributed by atoms with E-state index in [0.717, 1.165) is 15.7 Å². The van der Waals surface area contributed by atoms with E-state index in [4.69, 9.17) is 15.2 Å². The maximum absolute atomic E-state index is 6.21. The Morgan fingerprint density at radius 1 is 1.14 bits per heavy atom. The maximum Gasteiger partial charge on any atom is 0.161 e. The van der Waals surface area contributed by atoms with Gasteiger partial charge in [0.25, 0.3) is 0 Å². The molecule has 6 heteroatoms. The molecule has 0 saturated heterocycles. The van der Waals surface area contributed by atoms with Gasteiger partial charge in [-0.15, -0.1) is 0 Å². The van der Waals surface area contributed by atoms with Crippen molar-refractivity contribution in [3.63, 3.8) is 0 Å². The number of methoxy groups -OCH3 is 2. The lowest BCUT2D eigenvalue weighted by atomic mass is 10.1. The predicted molar refractivity (Wildman–Crippen MR) is 85.8 cm³/mol. The van der Waals surface area contributed by atoms with E-state index in [1.807, 2.05) is 40.9 Å². The SMILES string of the molecule is COc1ccc(-c2nc3c(Br)cccn3c2N)cc1OC. The van der Waals surface area contributed by atoms with Gasteiger partial charge in [-0.2, -0.15) is 0 Å². The number of ether oxygens (including phenoxy) is 2. The van der Waals surface area contributed by atoms with E-state index in [-0.39, 0.29) is 0 Å². The van der Waals surface area contributed by atoms with Gasteiger partial charge in [-0.05, 0) is 46.3 Å². The van der Waals surface area contributed by atoms with Crippen molar-refractivity contribution in [2.45, 2.75) is 0 Å². The van der Waals surface area contributed by atoms with Gasteiger partial charge in [0.15, 0.2) is 17.1 Å². The molecule has 3 rings (SSSR count). The molecule has 108 valence electrons. The summed E-state index contributed by atoms with van der Waals surface area (Å²) >= 11 is 3.48. The average molecular weight is 348 g/mol. The van der Waals surface area contributed by atoms with Gasteiger partial charge in [0, 0.05) is 11.8 Å². The standard InChI is InChI=1S/C15H14BrN3O2/c1-20-11-6-5-9(8-12(11)21-2)13-14(17)19-7-3-4-10(16)15(19)18-13/h3-8H,17H2,1-2H3. The van der Waals surface area contributed by atoms with Crippen LogP contribution in [0.4, 0.5) is 5.82 Å². The van der Waals surface area contributed by atoms with Gasteiger partial charge < -0.3 is 15.2 Å². The summed E-state index contributed by atoms with van der Waals surface area (Å²) in [5, 5.41) is 0. The minimum absolute atomic E-state index is 0.582. The first-order chi connectivity index (χ1) is 10.2. The summed E-state index contributed by atoms with van der Waals surface area (Å²) in [6.45, 7) is 0. The third-order valence-electron chi connectivity index (χ3n) is 3.30. The van der Waals surface area contributed by atoms with Crippen LogP contribution in [0.1, 0.15) is 0 Å². The van der Waals surface area contributed by atoms with Crippen LogP contribution >= 0.6 is 15.9 Å². The van der Waals surface area contributed by atoms with Gasteiger partial charge in [-0.25, -0.2) is 4.98 Å². The maximum atomic E-state index is 6.21. The zero-order valence-corrected chi connectivity index (χ0v) is 13.2. The molecule has 0 fully saturated rings. The summed E-state index contributed by atoms with van der Waals surface area (Å²) in [6.07, 6.45) is 1.88. The van der Waals surface area contributed by atoms with E-state index >= 15 is 0 Å². The fourth-order valence-electron chi connectivity index (χ4n) is 2.25. The second-order valence-corrected chi connectivity index (χ2v) is 5.32. The van der Waals surface area contributed by atoms with E-state index in [9.17, 15) is 0 Å². The monoisotopic (exact) mass is 347 g/mol. The van der Waals surface area contributed by atoms with Crippen LogP contribution in [-0.2, 0) is 0 Å². The largest absolute Gasteiger partial charge is 0.493 e. The fourth-order valence-corrected chi connectivity index (χ4v) is 2.68. The fraction of sp³-hybridized carbons (Fsp3) is 0.133. The molecule has 0 aliphatic rings. The van der Waals surface area contributed by atoms with Gasteiger partial charge in [-0.1, -0.05) is 0 Å². The van der Waals surface area contributed by atoms with E-state index < -0.39 is 0 Å². The first-order valence-electron chi connectivity index (χ1n) is 6.30. The molecular weight excluding hydrogens is 334 g/mol. The highest BCUT2D eigenvalue weighted by molar-refractivity contribution is 9.10. The van der Waals surface area contributed by atoms with Crippen molar-refractivity contribution in [3.05, 3.63) is 41.0 Å². The molecule has 0 atom stereocenters. The Morgan fingerprint density at radius 2 is 1.90 bits per heavy atom. The van der Waals surface area contributed by atoms with E-state index in [1.165, 1.54) is 0 Å². The molecule has 0 amide bonds. The molecule has 0 unspecified atom stereocenters. The number of rotatable bonds is 3. The number of hydrogen-bond donors (Lipinski definition) is 1. The number of hydrogen-bond acceptors (Lipinski definition) is 4. The topological polar surface area (TPSA) is 61.8 Å². The van der Waals surface area contributed by atoms with Crippen molar-refractivity contribution in [2.24, 2.45) is 0 Å². The van der Waals surface area contributed by atoms with Crippen LogP contribution in [0.2, 0.25) is 0 Å². The number of benzene rings is 1. The molecule has 5 nitrogen and oxygen atoms in total. The van der Waals surface area contributed by atoms with Gasteiger partial charge in [0.1, 0.15) is 11.5 Å². The number of aromatic nitrogens is 2. The Bertz CT molecular complexity index is 814. The normalized spacial score (nSPS) is 10.8. The van der Waals surface area contributed by atoms with E-state index in [2.05, 4.69) is 20.9 Å². The summed E-state index contributed by atoms with van der Waals surface area (Å²) in [7, 11) is 3.21. The predicted octanol–water partition coefficient (Wildman–Crippen LogP) is 3.36. The second kappa shape index (κ2) is 5.29. The molecular formula is C15H14BrN3O2. The molecule has 2 N–H and O–H groups in total. The summed E-state index contributed by atoms with van der Waals surface area (Å²) < 4.78 is 13.3. The molecule has 0 aliphatic carbocycles. The number of nitrogens with two attached hydrogens (primary N) is 1. The summed E-state index contributed by atoms with van der Waals surface area (Å²) in [5.74, 6) is 1.90. The number of imidazole rings is 1. The van der Waals surface area contributed by atoms with E-state index in [1.54, 1.807) is 14.2 Å². The zero-order chi connectivity index (χ0) is 15.0. The Morgan fingerprint density at radius 3 is 2.57 bits per heavy atom. The van der Waals surface area contributed by atoms with Crippen LogP contribution in [0.5, 0.6) is 11.5 Å². The van der Waals surface area contributed by atoms with Crippen molar-refractivity contribution in [2.75, 3.05) is 20.0 Å². The van der Waals surface area contributed by atoms with Crippen LogP contribution < -0.4 is 15.2 Å². The highest BCUT2D eigenvalue weighted by atomic mass is 79.9. The number of nitrogen functional groups attached to an aromatic ring is 1. The van der Waals surface area contributed by atoms with Gasteiger partial charge in [0.05, 0.1) is 18.7 Å². The van der Waals surface area contributed by atoms with Crippen LogP contribution in [0.25, 0.3) is 16.9 Å². The smallest absolute Gasteiger partial charge is 0.161 e. The lowest BCUT2D eigenvalue weighted by Gasteiger charge is -2.08. The third kappa shape index (κ3) is 2.21. The number of pyridine rings is 1. The van der Waals surface area contributed by atoms with E-state index in [0.29, 0.717) is 23.0 Å². The lowest BCUT2D eigenvalue weighted by molar-refractivity contribution is 0.355. The van der Waals surface area contributed by atoms with Crippen molar-refractivity contribution >= 4 is 27.4 Å². The highest BCUT2D eigenvalue weighted by Gasteiger charge is 2.15. The van der Waals surface area contributed by atoms with Crippen molar-refractivity contribution in [3.8, 4) is 22.8 Å². The van der Waals surface area contributed by atoms with Gasteiger partial charge in [0.2, 0.25) is 0 Å². The highest BCUT2D eigenvalue weighted by Crippen LogP contribution is 2.35. The number of fused-ring (bicyclic) bond motifs is 1. The number of nitrogens with zero attached hydrogens (tertiary/aromatic N) is 2. The summed E-state index contributed by atoms with van der Waals surface area (Å²) in [6, 6.07) is 9.46. The Labute approximate surface area is 130 Å². The minimum Gasteiger partial charge on any atom is -0.493 e. The van der Waals surface area contributed by atoms with Crippen molar-refractivity contribution < 1.29 is 9.47 Å². The quantitative estimate of drug-likeness (QED) is 0.788. The molecule has 1 aromatic carbocycles. The Hall–Kier alpha value is -2.21.